The fourth-order valence-electron chi connectivity index (χ4n) is 6.97. The highest BCUT2D eigenvalue weighted by atomic mass is 16.4. The molecule has 0 radical (unpaired) electrons. The summed E-state index contributed by atoms with van der Waals surface area (Å²) in [6, 6.07) is 7.50. The normalized spacial score (nSPS) is 16.3. The van der Waals surface area contributed by atoms with Crippen LogP contribution in [0.4, 0.5) is 0 Å². The highest BCUT2D eigenvalue weighted by Gasteiger charge is 2.68. The van der Waals surface area contributed by atoms with Crippen LogP contribution in [0.5, 0.6) is 0 Å². The van der Waals surface area contributed by atoms with E-state index in [9.17, 15) is 29.4 Å². The lowest BCUT2D eigenvalue weighted by Gasteiger charge is -2.49. The molecule has 0 fully saturated rings. The van der Waals surface area contributed by atoms with Gasteiger partial charge in [0.1, 0.15) is 12.1 Å². The Bertz CT molecular complexity index is 2070. The molecule has 2 aromatic heterocycles. The number of hydrogen-bond acceptors (Lipinski definition) is 11. The molecule has 2 aromatic carbocycles. The maximum Gasteiger partial charge on any atom is 0.339 e. The standard InChI is InChI=1S/C39H52N8O8/c1-6-20(2)31(42)33(50)39(37(54)55,38(4,5)30(49)17-40)47(35(52)26(41)15-22-18-44-27-13-9-7-11-24(22)27)36(53)29(46-34(51)32(43)21(3)48)16-23-19-45-28-14-10-8-12-25(23)28/h7-14,18-21,26,29,31-32,44-45,48H,6,15-17,40-43H2,1-5H3,(H,46,51)(H,54,55). The van der Waals surface area contributed by atoms with Crippen molar-refractivity contribution in [2.24, 2.45) is 34.3 Å². The van der Waals surface area contributed by atoms with Crippen LogP contribution < -0.4 is 28.3 Å². The van der Waals surface area contributed by atoms with Gasteiger partial charge in [-0.05, 0) is 56.4 Å². The van der Waals surface area contributed by atoms with Gasteiger partial charge in [-0.25, -0.2) is 4.79 Å². The van der Waals surface area contributed by atoms with Crippen LogP contribution in [0.2, 0.25) is 0 Å². The summed E-state index contributed by atoms with van der Waals surface area (Å²) in [7, 11) is 0. The van der Waals surface area contributed by atoms with Crippen molar-refractivity contribution < 1.29 is 39.0 Å². The van der Waals surface area contributed by atoms with E-state index in [-0.39, 0.29) is 24.2 Å². The molecule has 7 atom stereocenters. The van der Waals surface area contributed by atoms with Crippen molar-refractivity contribution in [3.05, 3.63) is 72.1 Å². The average molecular weight is 761 g/mol. The second kappa shape index (κ2) is 17.0. The van der Waals surface area contributed by atoms with Gasteiger partial charge in [-0.1, -0.05) is 56.7 Å². The molecular weight excluding hydrogens is 708 g/mol. The summed E-state index contributed by atoms with van der Waals surface area (Å²) in [5, 5.41) is 25.3. The van der Waals surface area contributed by atoms with Gasteiger partial charge in [-0.2, -0.15) is 0 Å². The number of nitrogens with zero attached hydrogens (tertiary/aromatic N) is 1. The molecule has 16 nitrogen and oxygen atoms in total. The van der Waals surface area contributed by atoms with Gasteiger partial charge in [-0.3, -0.25) is 28.9 Å². The second-order valence-corrected chi connectivity index (χ2v) is 14.6. The smallest absolute Gasteiger partial charge is 0.339 e. The number of aliphatic hydroxyl groups excluding tert-OH is 1. The Kier molecular flexibility index (Phi) is 13.2. The summed E-state index contributed by atoms with van der Waals surface area (Å²) in [5.41, 5.74) is 21.5. The number of carboxylic acid groups (broad SMARTS) is 1. The van der Waals surface area contributed by atoms with Crippen LogP contribution in [0.1, 0.15) is 52.2 Å². The molecule has 0 aliphatic heterocycles. The Morgan fingerprint density at radius 3 is 1.80 bits per heavy atom. The van der Waals surface area contributed by atoms with Crippen molar-refractivity contribution >= 4 is 57.1 Å². The summed E-state index contributed by atoms with van der Waals surface area (Å²) in [5.74, 6) is -8.78. The van der Waals surface area contributed by atoms with Crippen molar-refractivity contribution in [2.75, 3.05) is 6.54 Å². The quantitative estimate of drug-likeness (QED) is 0.0631. The Morgan fingerprint density at radius 1 is 0.818 bits per heavy atom. The van der Waals surface area contributed by atoms with Gasteiger partial charge in [0.05, 0.1) is 30.1 Å². The predicted molar refractivity (Wildman–Crippen MR) is 206 cm³/mol. The number of carbonyl (C=O) groups is 6. The number of aromatic amines is 2. The fourth-order valence-corrected chi connectivity index (χ4v) is 6.97. The maximum atomic E-state index is 15.4. The summed E-state index contributed by atoms with van der Waals surface area (Å²) < 4.78 is 0. The van der Waals surface area contributed by atoms with Crippen molar-refractivity contribution in [3.8, 4) is 0 Å². The van der Waals surface area contributed by atoms with Gasteiger partial charge in [-0.15, -0.1) is 0 Å². The first-order chi connectivity index (χ1) is 25.9. The van der Waals surface area contributed by atoms with Gasteiger partial charge in [0.2, 0.25) is 17.4 Å². The lowest BCUT2D eigenvalue weighted by atomic mass is 9.63. The zero-order chi connectivity index (χ0) is 41.0. The molecule has 2 heterocycles. The predicted octanol–water partition coefficient (Wildman–Crippen LogP) is 0.630. The van der Waals surface area contributed by atoms with E-state index in [0.29, 0.717) is 32.9 Å². The van der Waals surface area contributed by atoms with E-state index in [1.165, 1.54) is 6.92 Å². The summed E-state index contributed by atoms with van der Waals surface area (Å²) in [6.45, 7) is 5.98. The Hall–Kier alpha value is -5.26. The number of Topliss-reactive ketones (excluding diaryl/α,β-unsaturated/α-hetero) is 2. The molecule has 55 heavy (non-hydrogen) atoms. The zero-order valence-corrected chi connectivity index (χ0v) is 31.7. The van der Waals surface area contributed by atoms with E-state index in [2.05, 4.69) is 15.3 Å². The zero-order valence-electron chi connectivity index (χ0n) is 31.7. The van der Waals surface area contributed by atoms with E-state index < -0.39 is 88.9 Å². The molecule has 0 bridgehead atoms. The number of carboxylic acids is 1. The molecule has 3 amide bonds. The second-order valence-electron chi connectivity index (χ2n) is 14.6. The minimum Gasteiger partial charge on any atom is -0.479 e. The minimum absolute atomic E-state index is 0.209. The van der Waals surface area contributed by atoms with E-state index in [4.69, 9.17) is 22.9 Å². The number of aliphatic hydroxyl groups is 1. The molecule has 13 N–H and O–H groups in total. The van der Waals surface area contributed by atoms with Crippen molar-refractivity contribution in [3.63, 3.8) is 0 Å². The molecule has 7 unspecified atom stereocenters. The largest absolute Gasteiger partial charge is 0.479 e. The molecule has 4 rings (SSSR count). The number of hydrogen-bond donors (Lipinski definition) is 9. The number of nitrogens with one attached hydrogen (secondary N) is 3. The summed E-state index contributed by atoms with van der Waals surface area (Å²) >= 11 is 0. The minimum atomic E-state index is -3.34. The number of carbonyl (C=O) groups excluding carboxylic acids is 5. The number of aromatic nitrogens is 2. The molecule has 16 heteroatoms. The van der Waals surface area contributed by atoms with Crippen LogP contribution in [0, 0.1) is 11.3 Å². The first-order valence-corrected chi connectivity index (χ1v) is 18.1. The van der Waals surface area contributed by atoms with Crippen molar-refractivity contribution in [2.45, 2.75) is 89.7 Å². The van der Waals surface area contributed by atoms with Crippen LogP contribution in [-0.2, 0) is 41.6 Å². The highest BCUT2D eigenvalue weighted by Crippen LogP contribution is 2.41. The monoisotopic (exact) mass is 760 g/mol. The number of fused-ring (bicyclic) bond motifs is 2. The Balaban J connectivity index is 2.03. The number of nitrogens with two attached hydrogens (primary N) is 4. The molecule has 0 saturated carbocycles. The van der Waals surface area contributed by atoms with Crippen LogP contribution >= 0.6 is 0 Å². The van der Waals surface area contributed by atoms with Gasteiger partial charge < -0.3 is 48.4 Å². The van der Waals surface area contributed by atoms with Gasteiger partial charge in [0.25, 0.3) is 5.91 Å². The molecule has 0 spiro atoms. The number of benzene rings is 2. The number of ketones is 2. The average Bonchev–Trinajstić information content (AvgIpc) is 3.77. The number of para-hydroxylation sites is 2. The van der Waals surface area contributed by atoms with Crippen LogP contribution in [0.25, 0.3) is 21.8 Å². The first-order valence-electron chi connectivity index (χ1n) is 18.1. The number of H-pyrrole nitrogens is 2. The summed E-state index contributed by atoms with van der Waals surface area (Å²) in [6.07, 6.45) is 1.46. The van der Waals surface area contributed by atoms with Gasteiger partial charge in [0.15, 0.2) is 11.6 Å². The van der Waals surface area contributed by atoms with Gasteiger partial charge >= 0.3 is 5.97 Å². The van der Waals surface area contributed by atoms with E-state index in [1.807, 2.05) is 0 Å². The molecule has 296 valence electrons. The molecular formula is C39H52N8O8. The van der Waals surface area contributed by atoms with Crippen LogP contribution in [0.15, 0.2) is 60.9 Å². The lowest BCUT2D eigenvalue weighted by molar-refractivity contribution is -0.183. The Labute approximate surface area is 318 Å². The van der Waals surface area contributed by atoms with Gasteiger partial charge in [0, 0.05) is 40.6 Å². The molecule has 0 aliphatic carbocycles. The SMILES string of the molecule is CCC(C)C(N)C(=O)C(C(=O)O)(N(C(=O)C(N)Cc1c[nH]c2ccccc12)C(=O)C(Cc1c[nH]c2ccccc12)NC(=O)C(N)C(C)O)C(C)(C)C(=O)CN. The number of aliphatic carboxylic acids is 1. The topological polar surface area (TPSA) is 294 Å². The number of imide groups is 1. The van der Waals surface area contributed by atoms with E-state index in [0.717, 1.165) is 13.8 Å². The third-order valence-corrected chi connectivity index (χ3v) is 10.8. The van der Waals surface area contributed by atoms with E-state index >= 15 is 9.59 Å². The summed E-state index contributed by atoms with van der Waals surface area (Å²) in [4.78, 5) is 93.1. The van der Waals surface area contributed by atoms with Crippen LogP contribution in [-0.4, -0.2) is 103 Å². The number of amides is 3. The van der Waals surface area contributed by atoms with Crippen molar-refractivity contribution in [1.29, 1.82) is 0 Å². The molecule has 4 aromatic rings. The third kappa shape index (κ3) is 7.95. The van der Waals surface area contributed by atoms with Crippen molar-refractivity contribution in [1.82, 2.24) is 20.2 Å². The molecule has 0 saturated heterocycles. The molecule has 0 aliphatic rings. The van der Waals surface area contributed by atoms with E-state index in [1.54, 1.807) is 74.8 Å². The number of rotatable bonds is 18. The lowest BCUT2D eigenvalue weighted by Crippen LogP contribution is -2.78. The maximum absolute atomic E-state index is 15.4. The third-order valence-electron chi connectivity index (χ3n) is 10.8. The highest BCUT2D eigenvalue weighted by molar-refractivity contribution is 6.21. The fraction of sp³-hybridized carbons (Fsp3) is 0.436. The van der Waals surface area contributed by atoms with Crippen LogP contribution in [0.3, 0.4) is 0 Å². The Morgan fingerprint density at radius 2 is 1.33 bits per heavy atom. The first kappa shape index (κ1) is 42.5.